The maximum Gasteiger partial charge on any atom is 0.309 e. The highest BCUT2D eigenvalue weighted by Gasteiger charge is 2.37. The summed E-state index contributed by atoms with van der Waals surface area (Å²) in [6, 6.07) is 40.8. The van der Waals surface area contributed by atoms with Crippen molar-refractivity contribution in [1.29, 1.82) is 0 Å². The van der Waals surface area contributed by atoms with E-state index in [1.807, 2.05) is 72.8 Å². The SMILES string of the molecule is C[C@@]1(O)CC(=O)O[C@@H](CSc2nc(-c3ccccc3)c(-c3ccccc3)s2)C1.C[C@]1(O)CC(=O)O[C@@H](CSc2nc(-c3ccccc3)c(-c3ccccc3)s2)C1. The minimum atomic E-state index is -0.992. The van der Waals surface area contributed by atoms with Crippen LogP contribution in [0.2, 0.25) is 0 Å². The van der Waals surface area contributed by atoms with Crippen LogP contribution in [0.25, 0.3) is 43.4 Å². The molecule has 288 valence electrons. The first-order valence-electron chi connectivity index (χ1n) is 18.3. The molecule has 0 saturated carbocycles. The van der Waals surface area contributed by atoms with Crippen LogP contribution in [0.5, 0.6) is 0 Å². The van der Waals surface area contributed by atoms with Crippen LogP contribution >= 0.6 is 46.2 Å². The smallest absolute Gasteiger partial charge is 0.309 e. The molecule has 4 atom stereocenters. The third-order valence-electron chi connectivity index (χ3n) is 9.15. The molecule has 2 fully saturated rings. The van der Waals surface area contributed by atoms with Crippen molar-refractivity contribution in [1.82, 2.24) is 9.97 Å². The molecule has 2 N–H and O–H groups in total. The minimum absolute atomic E-state index is 0.0573. The molecule has 2 aromatic heterocycles. The number of nitrogens with zero attached hydrogens (tertiary/aromatic N) is 2. The van der Waals surface area contributed by atoms with Crippen molar-refractivity contribution in [3.63, 3.8) is 0 Å². The number of hydrogen-bond acceptors (Lipinski definition) is 12. The van der Waals surface area contributed by atoms with Crippen molar-refractivity contribution in [3.8, 4) is 43.4 Å². The third-order valence-corrected chi connectivity index (χ3v) is 13.9. The van der Waals surface area contributed by atoms with E-state index in [-0.39, 0.29) is 37.0 Å². The van der Waals surface area contributed by atoms with E-state index in [4.69, 9.17) is 19.4 Å². The topological polar surface area (TPSA) is 119 Å². The standard InChI is InChI=1S/2C22H21NO3S2/c2*1-22(25)12-17(26-18(24)13-22)14-27-21-23-19(15-8-4-2-5-9-15)20(28-21)16-10-6-3-7-11-16/h2*2-11,17,25H,12-14H2,1H3/t17-,22+;17-,22-/m11/s1. The molecule has 0 unspecified atom stereocenters. The number of rotatable bonds is 10. The lowest BCUT2D eigenvalue weighted by Gasteiger charge is -2.32. The molecule has 4 aromatic carbocycles. The number of carbonyl (C=O) groups excluding carboxylic acids is 2. The van der Waals surface area contributed by atoms with E-state index < -0.39 is 11.2 Å². The van der Waals surface area contributed by atoms with Crippen molar-refractivity contribution >= 4 is 58.1 Å². The molecule has 2 saturated heterocycles. The van der Waals surface area contributed by atoms with Gasteiger partial charge in [0.25, 0.3) is 0 Å². The highest BCUT2D eigenvalue weighted by molar-refractivity contribution is 8.01. The van der Waals surface area contributed by atoms with Crippen LogP contribution in [-0.2, 0) is 19.1 Å². The van der Waals surface area contributed by atoms with Crippen molar-refractivity contribution in [2.75, 3.05) is 11.5 Å². The number of thioether (sulfide) groups is 2. The second-order valence-electron chi connectivity index (χ2n) is 14.4. The number of cyclic esters (lactones) is 2. The predicted octanol–water partition coefficient (Wildman–Crippen LogP) is 10.1. The van der Waals surface area contributed by atoms with Gasteiger partial charge in [-0.25, -0.2) is 9.97 Å². The summed E-state index contributed by atoms with van der Waals surface area (Å²) in [6.07, 6.45) is 0.419. The largest absolute Gasteiger partial charge is 0.461 e. The van der Waals surface area contributed by atoms with Gasteiger partial charge in [-0.05, 0) is 25.0 Å². The van der Waals surface area contributed by atoms with Gasteiger partial charge in [0.15, 0.2) is 8.68 Å². The van der Waals surface area contributed by atoms with E-state index in [2.05, 4.69) is 48.5 Å². The molecule has 6 aromatic rings. The van der Waals surface area contributed by atoms with Gasteiger partial charge in [-0.2, -0.15) is 0 Å². The van der Waals surface area contributed by atoms with Gasteiger partial charge >= 0.3 is 11.9 Å². The summed E-state index contributed by atoms with van der Waals surface area (Å²) in [5.41, 5.74) is 4.38. The van der Waals surface area contributed by atoms with Gasteiger partial charge in [-0.1, -0.05) is 145 Å². The molecule has 0 aliphatic carbocycles. The second kappa shape index (κ2) is 17.9. The normalized spacial score (nSPS) is 22.1. The molecule has 12 heteroatoms. The Morgan fingerprint density at radius 1 is 0.571 bits per heavy atom. The zero-order valence-electron chi connectivity index (χ0n) is 31.0. The van der Waals surface area contributed by atoms with Crippen LogP contribution in [0.3, 0.4) is 0 Å². The van der Waals surface area contributed by atoms with Gasteiger partial charge in [0.1, 0.15) is 12.2 Å². The highest BCUT2D eigenvalue weighted by Crippen LogP contribution is 2.42. The number of ether oxygens (including phenoxy) is 2. The Balaban J connectivity index is 0.000000172. The minimum Gasteiger partial charge on any atom is -0.461 e. The van der Waals surface area contributed by atoms with E-state index in [0.717, 1.165) is 52.1 Å². The average Bonchev–Trinajstić information content (AvgIpc) is 3.82. The number of carbonyl (C=O) groups is 2. The molecule has 0 radical (unpaired) electrons. The molecular weight excluding hydrogens is 781 g/mol. The molecule has 0 spiro atoms. The summed E-state index contributed by atoms with van der Waals surface area (Å²) in [7, 11) is 0. The maximum absolute atomic E-state index is 11.7. The Morgan fingerprint density at radius 3 is 1.21 bits per heavy atom. The number of thiazole rings is 2. The van der Waals surface area contributed by atoms with E-state index in [0.29, 0.717) is 24.3 Å². The van der Waals surface area contributed by atoms with E-state index in [9.17, 15) is 19.8 Å². The van der Waals surface area contributed by atoms with Crippen molar-refractivity contribution in [2.24, 2.45) is 0 Å². The van der Waals surface area contributed by atoms with Crippen LogP contribution in [0, 0.1) is 0 Å². The Labute approximate surface area is 343 Å². The Bertz CT molecular complexity index is 1950. The van der Waals surface area contributed by atoms with Crippen LogP contribution in [0.1, 0.15) is 39.5 Å². The fourth-order valence-corrected chi connectivity index (χ4v) is 11.0. The number of benzene rings is 4. The number of hydrogen-bond donors (Lipinski definition) is 2. The summed E-state index contributed by atoms with van der Waals surface area (Å²) in [4.78, 5) is 35.5. The first-order valence-corrected chi connectivity index (χ1v) is 21.9. The van der Waals surface area contributed by atoms with Crippen LogP contribution in [-0.4, -0.2) is 67.0 Å². The lowest BCUT2D eigenvalue weighted by molar-refractivity contribution is -0.167. The van der Waals surface area contributed by atoms with Crippen molar-refractivity contribution in [3.05, 3.63) is 121 Å². The third kappa shape index (κ3) is 10.6. The second-order valence-corrected chi connectivity index (χ2v) is 18.9. The summed E-state index contributed by atoms with van der Waals surface area (Å²) in [6.45, 7) is 3.38. The van der Waals surface area contributed by atoms with Gasteiger partial charge in [0.05, 0.1) is 45.2 Å². The van der Waals surface area contributed by atoms with Gasteiger partial charge in [-0.3, -0.25) is 9.59 Å². The predicted molar refractivity (Wildman–Crippen MR) is 227 cm³/mol. The van der Waals surface area contributed by atoms with Gasteiger partial charge in [-0.15, -0.1) is 22.7 Å². The molecule has 2 aliphatic rings. The number of esters is 2. The zero-order chi connectivity index (χ0) is 39.1. The van der Waals surface area contributed by atoms with E-state index in [1.54, 1.807) is 60.0 Å². The summed E-state index contributed by atoms with van der Waals surface area (Å²) in [5.74, 6) is 0.488. The fraction of sp³-hybridized carbons (Fsp3) is 0.273. The summed E-state index contributed by atoms with van der Waals surface area (Å²) in [5, 5.41) is 20.5. The fourth-order valence-electron chi connectivity index (χ4n) is 6.68. The lowest BCUT2D eigenvalue weighted by atomic mass is 9.93. The first-order chi connectivity index (χ1) is 27.0. The summed E-state index contributed by atoms with van der Waals surface area (Å²) < 4.78 is 12.7. The molecule has 8 rings (SSSR count). The Hall–Kier alpha value is -4.30. The number of aliphatic hydroxyl groups is 2. The highest BCUT2D eigenvalue weighted by atomic mass is 32.2. The average molecular weight is 823 g/mol. The van der Waals surface area contributed by atoms with Gasteiger partial charge in [0.2, 0.25) is 0 Å². The maximum atomic E-state index is 11.7. The lowest BCUT2D eigenvalue weighted by Crippen LogP contribution is -2.41. The van der Waals surface area contributed by atoms with Crippen molar-refractivity contribution < 1.29 is 29.3 Å². The molecule has 0 amide bonds. The molecule has 0 bridgehead atoms. The first kappa shape index (κ1) is 39.9. The van der Waals surface area contributed by atoms with E-state index in [1.165, 1.54) is 0 Å². The van der Waals surface area contributed by atoms with Crippen LogP contribution < -0.4 is 0 Å². The van der Waals surface area contributed by atoms with Crippen molar-refractivity contribution in [2.45, 2.75) is 71.6 Å². The molecule has 4 heterocycles. The van der Waals surface area contributed by atoms with E-state index >= 15 is 0 Å². The molecule has 56 heavy (non-hydrogen) atoms. The van der Waals surface area contributed by atoms with Crippen LogP contribution in [0.15, 0.2) is 130 Å². The monoisotopic (exact) mass is 822 g/mol. The summed E-state index contributed by atoms with van der Waals surface area (Å²) >= 11 is 6.44. The Kier molecular flexibility index (Phi) is 12.7. The molecule has 8 nitrogen and oxygen atoms in total. The van der Waals surface area contributed by atoms with Crippen LogP contribution in [0.4, 0.5) is 0 Å². The number of aromatic nitrogens is 2. The zero-order valence-corrected chi connectivity index (χ0v) is 34.3. The van der Waals surface area contributed by atoms with Gasteiger partial charge in [0, 0.05) is 35.5 Å². The quantitative estimate of drug-likeness (QED) is 0.102. The van der Waals surface area contributed by atoms with Gasteiger partial charge < -0.3 is 19.7 Å². The molecule has 2 aliphatic heterocycles. The molecular formula is C44H42N2O6S4. The Morgan fingerprint density at radius 2 is 0.893 bits per heavy atom.